The summed E-state index contributed by atoms with van der Waals surface area (Å²) in [5.41, 5.74) is 0.114. The molecule has 0 radical (unpaired) electrons. The van der Waals surface area contributed by atoms with E-state index in [9.17, 15) is 0 Å². The van der Waals surface area contributed by atoms with Crippen LogP contribution < -0.4 is 10.6 Å². The maximum absolute atomic E-state index is 4.35. The van der Waals surface area contributed by atoms with Crippen molar-refractivity contribution >= 4 is 37.7 Å². The highest BCUT2D eigenvalue weighted by molar-refractivity contribution is 9.11. The fourth-order valence-electron chi connectivity index (χ4n) is 1.72. The van der Waals surface area contributed by atoms with Crippen molar-refractivity contribution in [1.82, 2.24) is 10.3 Å². The Morgan fingerprint density at radius 3 is 2.93 bits per heavy atom. The summed E-state index contributed by atoms with van der Waals surface area (Å²) in [6.07, 6.45) is 2.93. The van der Waals surface area contributed by atoms with Crippen molar-refractivity contribution in [2.24, 2.45) is 0 Å². The molecule has 0 spiro atoms. The maximum Gasteiger partial charge on any atom is 0.140 e. The highest BCUT2D eigenvalue weighted by Gasteiger charge is 2.28. The topological polar surface area (TPSA) is 37.0 Å². The van der Waals surface area contributed by atoms with Gasteiger partial charge in [-0.05, 0) is 57.8 Å². The van der Waals surface area contributed by atoms with Crippen LogP contribution in [0.4, 0.5) is 5.82 Å². The molecule has 3 nitrogen and oxygen atoms in total. The number of anilines is 1. The summed E-state index contributed by atoms with van der Waals surface area (Å²) < 4.78 is 1.97. The van der Waals surface area contributed by atoms with Crippen molar-refractivity contribution in [2.45, 2.75) is 18.9 Å². The maximum atomic E-state index is 4.35. The van der Waals surface area contributed by atoms with Crippen molar-refractivity contribution in [1.29, 1.82) is 0 Å². The summed E-state index contributed by atoms with van der Waals surface area (Å²) in [4.78, 5) is 4.35. The third kappa shape index (κ3) is 2.71. The minimum atomic E-state index is 0.114. The van der Waals surface area contributed by atoms with Crippen LogP contribution in [0.1, 0.15) is 13.3 Å². The molecule has 1 saturated heterocycles. The molecule has 2 N–H and O–H groups in total. The molecule has 1 aliphatic rings. The second-order valence-corrected chi connectivity index (χ2v) is 5.87. The molecule has 1 aliphatic heterocycles. The normalized spacial score (nSPS) is 25.5. The van der Waals surface area contributed by atoms with Crippen LogP contribution in [-0.4, -0.2) is 23.6 Å². The molecule has 1 aromatic rings. The van der Waals surface area contributed by atoms with Crippen LogP contribution in [0.15, 0.2) is 21.2 Å². The second kappa shape index (κ2) is 4.39. The van der Waals surface area contributed by atoms with Crippen molar-refractivity contribution < 1.29 is 0 Å². The summed E-state index contributed by atoms with van der Waals surface area (Å²) in [5.74, 6) is 0.907. The van der Waals surface area contributed by atoms with E-state index in [1.807, 2.05) is 6.07 Å². The lowest BCUT2D eigenvalue weighted by molar-refractivity contribution is 0.564. The van der Waals surface area contributed by atoms with E-state index in [4.69, 9.17) is 0 Å². The molecule has 5 heteroatoms. The summed E-state index contributed by atoms with van der Waals surface area (Å²) >= 11 is 6.89. The van der Waals surface area contributed by atoms with E-state index in [0.717, 1.165) is 34.3 Å². The van der Waals surface area contributed by atoms with E-state index in [1.165, 1.54) is 0 Å². The zero-order chi connectivity index (χ0) is 10.9. The van der Waals surface area contributed by atoms with E-state index in [2.05, 4.69) is 54.4 Å². The fraction of sp³-hybridized carbons (Fsp3) is 0.500. The van der Waals surface area contributed by atoms with Crippen LogP contribution in [0, 0.1) is 0 Å². The molecule has 15 heavy (non-hydrogen) atoms. The molecule has 1 atom stereocenters. The van der Waals surface area contributed by atoms with Gasteiger partial charge in [-0.2, -0.15) is 0 Å². The van der Waals surface area contributed by atoms with Gasteiger partial charge in [0.2, 0.25) is 0 Å². The Hall–Kier alpha value is -0.130. The van der Waals surface area contributed by atoms with E-state index in [1.54, 1.807) is 6.20 Å². The van der Waals surface area contributed by atoms with Crippen LogP contribution in [-0.2, 0) is 0 Å². The molecule has 0 bridgehead atoms. The van der Waals surface area contributed by atoms with Gasteiger partial charge in [-0.3, -0.25) is 0 Å². The largest absolute Gasteiger partial charge is 0.363 e. The van der Waals surface area contributed by atoms with Gasteiger partial charge in [0.15, 0.2) is 0 Å². The fourth-order valence-corrected chi connectivity index (χ4v) is 2.80. The van der Waals surface area contributed by atoms with E-state index in [-0.39, 0.29) is 5.54 Å². The Balaban J connectivity index is 2.16. The third-order valence-corrected chi connectivity index (χ3v) is 3.63. The number of nitrogens with one attached hydrogen (secondary N) is 2. The van der Waals surface area contributed by atoms with Crippen molar-refractivity contribution in [3.05, 3.63) is 21.2 Å². The molecular formula is C10H13Br2N3. The van der Waals surface area contributed by atoms with E-state index >= 15 is 0 Å². The minimum absolute atomic E-state index is 0.114. The van der Waals surface area contributed by atoms with Gasteiger partial charge in [-0.1, -0.05) is 0 Å². The number of nitrogens with zero attached hydrogens (tertiary/aromatic N) is 1. The first-order chi connectivity index (χ1) is 7.09. The Labute approximate surface area is 106 Å². The van der Waals surface area contributed by atoms with Gasteiger partial charge >= 0.3 is 0 Å². The van der Waals surface area contributed by atoms with Crippen LogP contribution in [0.3, 0.4) is 0 Å². The third-order valence-electron chi connectivity index (χ3n) is 2.60. The average Bonchev–Trinajstić information content (AvgIpc) is 2.58. The van der Waals surface area contributed by atoms with E-state index < -0.39 is 0 Å². The lowest BCUT2D eigenvalue weighted by atomic mass is 10.0. The Bertz CT molecular complexity index is 362. The van der Waals surface area contributed by atoms with Gasteiger partial charge in [-0.25, -0.2) is 4.98 Å². The predicted molar refractivity (Wildman–Crippen MR) is 69.2 cm³/mol. The van der Waals surface area contributed by atoms with Crippen LogP contribution in [0.2, 0.25) is 0 Å². The van der Waals surface area contributed by atoms with Crippen LogP contribution >= 0.6 is 31.9 Å². The van der Waals surface area contributed by atoms with Crippen LogP contribution in [0.25, 0.3) is 0 Å². The Kier molecular flexibility index (Phi) is 3.33. The van der Waals surface area contributed by atoms with Gasteiger partial charge in [0, 0.05) is 22.8 Å². The number of hydrogen-bond acceptors (Lipinski definition) is 3. The second-order valence-electron chi connectivity index (χ2n) is 4.10. The molecule has 1 fully saturated rings. The Morgan fingerprint density at radius 2 is 2.33 bits per heavy atom. The molecule has 82 valence electrons. The number of pyridine rings is 1. The molecular weight excluding hydrogens is 322 g/mol. The monoisotopic (exact) mass is 333 g/mol. The van der Waals surface area contributed by atoms with E-state index in [0.29, 0.717) is 0 Å². The van der Waals surface area contributed by atoms with Crippen LogP contribution in [0.5, 0.6) is 0 Å². The van der Waals surface area contributed by atoms with Gasteiger partial charge in [0.1, 0.15) is 5.82 Å². The zero-order valence-corrected chi connectivity index (χ0v) is 11.7. The molecule has 1 unspecified atom stereocenters. The number of hydrogen-bond donors (Lipinski definition) is 2. The summed E-state index contributed by atoms with van der Waals surface area (Å²) in [6, 6.07) is 2.00. The van der Waals surface area contributed by atoms with Crippen molar-refractivity contribution in [2.75, 3.05) is 18.4 Å². The van der Waals surface area contributed by atoms with Gasteiger partial charge < -0.3 is 10.6 Å². The molecule has 0 aromatic carbocycles. The first-order valence-electron chi connectivity index (χ1n) is 4.89. The molecule has 2 heterocycles. The average molecular weight is 335 g/mol. The van der Waals surface area contributed by atoms with Gasteiger partial charge in [0.05, 0.1) is 4.47 Å². The lowest BCUT2D eigenvalue weighted by Crippen LogP contribution is -2.37. The SMILES string of the molecule is CC1(Nc2ncc(Br)cc2Br)CCNC1. The molecule has 0 saturated carbocycles. The zero-order valence-electron chi connectivity index (χ0n) is 8.48. The molecule has 2 rings (SSSR count). The lowest BCUT2D eigenvalue weighted by Gasteiger charge is -2.25. The first kappa shape index (κ1) is 11.4. The van der Waals surface area contributed by atoms with Crippen molar-refractivity contribution in [3.8, 4) is 0 Å². The van der Waals surface area contributed by atoms with Gasteiger partial charge in [0.25, 0.3) is 0 Å². The minimum Gasteiger partial charge on any atom is -0.363 e. The molecule has 1 aromatic heterocycles. The number of aromatic nitrogens is 1. The number of rotatable bonds is 2. The summed E-state index contributed by atoms with van der Waals surface area (Å²) in [5, 5.41) is 6.82. The predicted octanol–water partition coefficient (Wildman–Crippen LogP) is 2.77. The summed E-state index contributed by atoms with van der Waals surface area (Å²) in [6.45, 7) is 4.26. The highest BCUT2D eigenvalue weighted by Crippen LogP contribution is 2.27. The number of halogens is 2. The Morgan fingerprint density at radius 1 is 1.53 bits per heavy atom. The first-order valence-corrected chi connectivity index (χ1v) is 6.48. The van der Waals surface area contributed by atoms with Crippen molar-refractivity contribution in [3.63, 3.8) is 0 Å². The summed E-state index contributed by atoms with van der Waals surface area (Å²) in [7, 11) is 0. The molecule has 0 aliphatic carbocycles. The highest BCUT2D eigenvalue weighted by atomic mass is 79.9. The van der Waals surface area contributed by atoms with Gasteiger partial charge in [-0.15, -0.1) is 0 Å². The quantitative estimate of drug-likeness (QED) is 0.873. The standard InChI is InChI=1S/C10H13Br2N3/c1-10(2-3-13-6-10)15-9-8(12)4-7(11)5-14-9/h4-5,13H,2-3,6H2,1H3,(H,14,15). The molecule has 0 amide bonds. The smallest absolute Gasteiger partial charge is 0.140 e.